The van der Waals surface area contributed by atoms with Crippen LogP contribution in [0.4, 0.5) is 10.5 Å². The molecule has 2 aromatic rings. The minimum Gasteiger partial charge on any atom is -0.359 e. The van der Waals surface area contributed by atoms with Gasteiger partial charge in [-0.15, -0.1) is 0 Å². The molecule has 1 heterocycles. The summed E-state index contributed by atoms with van der Waals surface area (Å²) in [7, 11) is 1.63. The van der Waals surface area contributed by atoms with E-state index in [1.807, 2.05) is 83.1 Å². The summed E-state index contributed by atoms with van der Waals surface area (Å²) in [5.74, 6) is -0.0505. The monoisotopic (exact) mass is 427 g/mol. The van der Waals surface area contributed by atoms with Gasteiger partial charge in [0.05, 0.1) is 5.69 Å². The van der Waals surface area contributed by atoms with Crippen LogP contribution in [0.2, 0.25) is 0 Å². The summed E-state index contributed by atoms with van der Waals surface area (Å²) in [5, 5.41) is 2.48. The lowest BCUT2D eigenvalue weighted by atomic mass is 10.1. The number of imide groups is 1. The highest BCUT2D eigenvalue weighted by molar-refractivity contribution is 6.15. The summed E-state index contributed by atoms with van der Waals surface area (Å²) in [6, 6.07) is 18.6. The van der Waals surface area contributed by atoms with Gasteiger partial charge in [-0.1, -0.05) is 83.1 Å². The Kier molecular flexibility index (Phi) is 14.9. The maximum Gasteiger partial charge on any atom is 0.331 e. The summed E-state index contributed by atoms with van der Waals surface area (Å²) in [5.41, 5.74) is 1.69. The largest absolute Gasteiger partial charge is 0.359 e. The Morgan fingerprint density at radius 2 is 1.42 bits per heavy atom. The Balaban J connectivity index is 0.000000771. The standard InChI is InChI=1S/C17H16N2O2.C4H9NO.2C2H6/c20-16-11-12-18(13-14-7-3-1-4-8-14)17(21)19(16)15-9-5-2-6-10-15;1-3-4(6)5-2;2*1-2/h1-10H,11-13H2;3H2,1-2H3,(H,5,6);2*1-2H3. The lowest BCUT2D eigenvalue weighted by molar-refractivity contribution is -0.120. The minimum atomic E-state index is -0.249. The highest BCUT2D eigenvalue weighted by Gasteiger charge is 2.32. The third-order valence-electron chi connectivity index (χ3n) is 4.14. The molecule has 1 N–H and O–H groups in total. The normalized spacial score (nSPS) is 12.3. The van der Waals surface area contributed by atoms with Crippen LogP contribution in [0.3, 0.4) is 0 Å². The molecule has 170 valence electrons. The fourth-order valence-electron chi connectivity index (χ4n) is 2.64. The van der Waals surface area contributed by atoms with Crippen molar-refractivity contribution in [1.29, 1.82) is 0 Å². The van der Waals surface area contributed by atoms with E-state index in [4.69, 9.17) is 0 Å². The molecule has 0 bridgehead atoms. The minimum absolute atomic E-state index is 0.0926. The number of urea groups is 1. The zero-order valence-corrected chi connectivity index (χ0v) is 19.7. The topological polar surface area (TPSA) is 69.7 Å². The van der Waals surface area contributed by atoms with E-state index < -0.39 is 0 Å². The number of nitrogens with zero attached hydrogens (tertiary/aromatic N) is 2. The van der Waals surface area contributed by atoms with Crippen LogP contribution in [0.5, 0.6) is 0 Å². The van der Waals surface area contributed by atoms with Crippen molar-refractivity contribution < 1.29 is 14.4 Å². The van der Waals surface area contributed by atoms with Crippen LogP contribution >= 0.6 is 0 Å². The van der Waals surface area contributed by atoms with Crippen molar-refractivity contribution in [3.8, 4) is 0 Å². The summed E-state index contributed by atoms with van der Waals surface area (Å²) >= 11 is 0. The Hall–Kier alpha value is -3.15. The Morgan fingerprint density at radius 3 is 1.87 bits per heavy atom. The fraction of sp³-hybridized carbons (Fsp3) is 0.400. The van der Waals surface area contributed by atoms with Crippen molar-refractivity contribution in [2.75, 3.05) is 18.5 Å². The molecule has 0 unspecified atom stereocenters. The molecule has 0 aliphatic carbocycles. The molecular weight excluding hydrogens is 390 g/mol. The number of hydrogen-bond donors (Lipinski definition) is 1. The van der Waals surface area contributed by atoms with Gasteiger partial charge in [-0.2, -0.15) is 0 Å². The number of anilines is 1. The van der Waals surface area contributed by atoms with Crippen molar-refractivity contribution in [3.05, 3.63) is 66.2 Å². The number of carbonyl (C=O) groups excluding carboxylic acids is 3. The number of amides is 4. The number of rotatable bonds is 4. The molecule has 0 saturated carbocycles. The molecule has 0 aromatic heterocycles. The van der Waals surface area contributed by atoms with Crippen molar-refractivity contribution in [1.82, 2.24) is 10.2 Å². The van der Waals surface area contributed by atoms with E-state index in [9.17, 15) is 14.4 Å². The molecule has 0 spiro atoms. The molecule has 1 saturated heterocycles. The predicted molar refractivity (Wildman–Crippen MR) is 128 cm³/mol. The first-order valence-electron chi connectivity index (χ1n) is 11.0. The average Bonchev–Trinajstić information content (AvgIpc) is 2.85. The van der Waals surface area contributed by atoms with Gasteiger partial charge < -0.3 is 10.2 Å². The molecule has 2 aromatic carbocycles. The molecule has 6 heteroatoms. The smallest absolute Gasteiger partial charge is 0.331 e. The third-order valence-corrected chi connectivity index (χ3v) is 4.14. The van der Waals surface area contributed by atoms with Gasteiger partial charge in [-0.25, -0.2) is 9.69 Å². The van der Waals surface area contributed by atoms with Gasteiger partial charge in [0, 0.05) is 33.0 Å². The number of para-hydroxylation sites is 1. The molecule has 1 aliphatic heterocycles. The Bertz CT molecular complexity index is 758. The van der Waals surface area contributed by atoms with E-state index in [2.05, 4.69) is 5.32 Å². The number of benzene rings is 2. The van der Waals surface area contributed by atoms with Crippen LogP contribution in [-0.4, -0.2) is 36.3 Å². The maximum atomic E-state index is 12.6. The van der Waals surface area contributed by atoms with E-state index in [1.54, 1.807) is 24.1 Å². The third kappa shape index (κ3) is 9.47. The van der Waals surface area contributed by atoms with Crippen molar-refractivity contribution >= 4 is 23.5 Å². The Morgan fingerprint density at radius 1 is 0.903 bits per heavy atom. The quantitative estimate of drug-likeness (QED) is 0.725. The predicted octanol–water partition coefficient (Wildman–Crippen LogP) is 5.24. The molecule has 31 heavy (non-hydrogen) atoms. The zero-order valence-electron chi connectivity index (χ0n) is 19.7. The molecule has 3 rings (SSSR count). The van der Waals surface area contributed by atoms with Crippen LogP contribution in [-0.2, 0) is 16.1 Å². The first-order chi connectivity index (χ1) is 15.1. The Labute approximate surface area is 187 Å². The fourth-order valence-corrected chi connectivity index (χ4v) is 2.64. The van der Waals surface area contributed by atoms with Crippen LogP contribution in [0, 0.1) is 0 Å². The lowest BCUT2D eigenvalue weighted by Crippen LogP contribution is -2.52. The SMILES string of the molecule is CC.CC.CCC(=O)NC.O=C1CCN(Cc2ccccc2)C(=O)N1c1ccccc1. The van der Waals surface area contributed by atoms with Gasteiger partial charge >= 0.3 is 6.03 Å². The average molecular weight is 428 g/mol. The van der Waals surface area contributed by atoms with Gasteiger partial charge in [0.1, 0.15) is 0 Å². The highest BCUT2D eigenvalue weighted by Crippen LogP contribution is 2.21. The summed E-state index contributed by atoms with van der Waals surface area (Å²) in [6.45, 7) is 10.8. The second kappa shape index (κ2) is 16.6. The molecule has 4 amide bonds. The molecular formula is C25H37N3O3. The second-order valence-electron chi connectivity index (χ2n) is 6.03. The van der Waals surface area contributed by atoms with Gasteiger partial charge in [0.15, 0.2) is 0 Å². The molecule has 1 fully saturated rings. The molecule has 6 nitrogen and oxygen atoms in total. The summed E-state index contributed by atoms with van der Waals surface area (Å²) in [6.07, 6.45) is 0.934. The zero-order chi connectivity index (χ0) is 23.6. The van der Waals surface area contributed by atoms with Gasteiger partial charge in [-0.05, 0) is 17.7 Å². The highest BCUT2D eigenvalue weighted by atomic mass is 16.2. The number of nitrogens with one attached hydrogen (secondary N) is 1. The molecule has 0 atom stereocenters. The molecule has 0 radical (unpaired) electrons. The van der Waals surface area contributed by atoms with E-state index in [0.29, 0.717) is 31.6 Å². The van der Waals surface area contributed by atoms with Gasteiger partial charge in [-0.3, -0.25) is 9.59 Å². The van der Waals surface area contributed by atoms with Crippen molar-refractivity contribution in [2.24, 2.45) is 0 Å². The van der Waals surface area contributed by atoms with Crippen LogP contribution in [0.1, 0.15) is 53.0 Å². The van der Waals surface area contributed by atoms with E-state index in [-0.39, 0.29) is 17.8 Å². The van der Waals surface area contributed by atoms with Crippen LogP contribution < -0.4 is 10.2 Å². The number of carbonyl (C=O) groups is 3. The van der Waals surface area contributed by atoms with E-state index in [0.717, 1.165) is 5.56 Å². The summed E-state index contributed by atoms with van der Waals surface area (Å²) in [4.78, 5) is 37.7. The van der Waals surface area contributed by atoms with Gasteiger partial charge in [0.25, 0.3) is 0 Å². The van der Waals surface area contributed by atoms with Crippen molar-refractivity contribution in [3.63, 3.8) is 0 Å². The van der Waals surface area contributed by atoms with Crippen LogP contribution in [0.15, 0.2) is 60.7 Å². The first kappa shape index (κ1) is 27.8. The van der Waals surface area contributed by atoms with E-state index >= 15 is 0 Å². The van der Waals surface area contributed by atoms with Crippen LogP contribution in [0.25, 0.3) is 0 Å². The number of hydrogen-bond acceptors (Lipinski definition) is 3. The second-order valence-corrected chi connectivity index (χ2v) is 6.03. The summed E-state index contributed by atoms with van der Waals surface area (Å²) < 4.78 is 0. The van der Waals surface area contributed by atoms with Crippen molar-refractivity contribution in [2.45, 2.75) is 54.0 Å². The first-order valence-corrected chi connectivity index (χ1v) is 11.0. The lowest BCUT2D eigenvalue weighted by Gasteiger charge is -2.34. The van der Waals surface area contributed by atoms with E-state index in [1.165, 1.54) is 4.90 Å². The maximum absolute atomic E-state index is 12.6. The molecule has 1 aliphatic rings. The van der Waals surface area contributed by atoms with Gasteiger partial charge in [0.2, 0.25) is 11.8 Å².